The van der Waals surface area contributed by atoms with Gasteiger partial charge >= 0.3 is 0 Å². The number of hydrogen-bond acceptors (Lipinski definition) is 3. The van der Waals surface area contributed by atoms with Crippen LogP contribution in [0.5, 0.6) is 0 Å². The van der Waals surface area contributed by atoms with Crippen molar-refractivity contribution < 1.29 is 0 Å². The van der Waals surface area contributed by atoms with Crippen molar-refractivity contribution >= 4 is 0 Å². The van der Waals surface area contributed by atoms with Crippen molar-refractivity contribution in [3.8, 4) is 0 Å². The second kappa shape index (κ2) is 6.70. The summed E-state index contributed by atoms with van der Waals surface area (Å²) in [5.41, 5.74) is 1.33. The Morgan fingerprint density at radius 1 is 1.10 bits per heavy atom. The molecular formula is C18H33N3. The maximum atomic E-state index is 4.13. The summed E-state index contributed by atoms with van der Waals surface area (Å²) in [6.07, 6.45) is 6.76. The lowest BCUT2D eigenvalue weighted by Gasteiger charge is -2.48. The zero-order chi connectivity index (χ0) is 14.8. The Balaban J connectivity index is 1.31. The molecule has 0 spiro atoms. The largest absolute Gasteiger partial charge is 0.378 e. The van der Waals surface area contributed by atoms with Crippen molar-refractivity contribution in [3.63, 3.8) is 0 Å². The molecule has 0 amide bonds. The summed E-state index contributed by atoms with van der Waals surface area (Å²) < 4.78 is 0. The zero-order valence-corrected chi connectivity index (χ0v) is 14.1. The molecule has 3 saturated heterocycles. The standard InChI is InChI=1S/C18H33N3/c1-15-6-10-21(11-7-15)18-13-20(14-18)9-8-17-5-4-16(2)19(3)12-17/h15,17-18H,2,4-14H2,1,3H3. The van der Waals surface area contributed by atoms with Crippen molar-refractivity contribution in [1.29, 1.82) is 0 Å². The third-order valence-electron chi connectivity index (χ3n) is 6.04. The Bertz CT molecular complexity index is 353. The van der Waals surface area contributed by atoms with Crippen LogP contribution in [0, 0.1) is 11.8 Å². The molecule has 3 heteroatoms. The summed E-state index contributed by atoms with van der Waals surface area (Å²) >= 11 is 0. The average molecular weight is 291 g/mol. The van der Waals surface area contributed by atoms with Crippen molar-refractivity contribution in [1.82, 2.24) is 14.7 Å². The highest BCUT2D eigenvalue weighted by atomic mass is 15.3. The molecule has 0 radical (unpaired) electrons. The van der Waals surface area contributed by atoms with Crippen molar-refractivity contribution in [2.24, 2.45) is 11.8 Å². The number of piperidine rings is 2. The SMILES string of the molecule is C=C1CCC(CCN2CC(N3CCC(C)CC3)C2)CN1C. The van der Waals surface area contributed by atoms with Gasteiger partial charge in [-0.2, -0.15) is 0 Å². The highest BCUT2D eigenvalue weighted by Crippen LogP contribution is 2.27. The van der Waals surface area contributed by atoms with Crippen molar-refractivity contribution in [3.05, 3.63) is 12.3 Å². The first-order valence-corrected chi connectivity index (χ1v) is 8.97. The molecule has 0 aromatic rings. The monoisotopic (exact) mass is 291 g/mol. The Labute approximate surface area is 131 Å². The van der Waals surface area contributed by atoms with Gasteiger partial charge in [-0.25, -0.2) is 0 Å². The minimum absolute atomic E-state index is 0.867. The molecule has 3 heterocycles. The number of hydrogen-bond donors (Lipinski definition) is 0. The van der Waals surface area contributed by atoms with Gasteiger partial charge in [0.25, 0.3) is 0 Å². The molecule has 3 aliphatic rings. The smallest absolute Gasteiger partial charge is 0.0350 e. The molecule has 3 rings (SSSR count). The van der Waals surface area contributed by atoms with Crippen LogP contribution >= 0.6 is 0 Å². The number of likely N-dealkylation sites (tertiary alicyclic amines) is 3. The quantitative estimate of drug-likeness (QED) is 0.788. The number of rotatable bonds is 4. The van der Waals surface area contributed by atoms with Crippen molar-refractivity contribution in [2.75, 3.05) is 46.3 Å². The first-order valence-electron chi connectivity index (χ1n) is 8.97. The molecule has 3 fully saturated rings. The number of nitrogens with zero attached hydrogens (tertiary/aromatic N) is 3. The average Bonchev–Trinajstić information content (AvgIpc) is 2.43. The Kier molecular flexibility index (Phi) is 4.90. The van der Waals surface area contributed by atoms with Gasteiger partial charge in [0.1, 0.15) is 0 Å². The first kappa shape index (κ1) is 15.4. The Morgan fingerprint density at radius 3 is 2.48 bits per heavy atom. The summed E-state index contributed by atoms with van der Waals surface area (Å²) in [5.74, 6) is 1.84. The highest BCUT2D eigenvalue weighted by molar-refractivity contribution is 4.98. The van der Waals surface area contributed by atoms with Gasteiger partial charge in [-0.05, 0) is 63.6 Å². The zero-order valence-electron chi connectivity index (χ0n) is 14.1. The van der Waals surface area contributed by atoms with Crippen molar-refractivity contribution in [2.45, 2.75) is 45.1 Å². The Hall–Kier alpha value is -0.540. The van der Waals surface area contributed by atoms with E-state index < -0.39 is 0 Å². The second-order valence-electron chi connectivity index (χ2n) is 7.77. The number of allylic oxidation sites excluding steroid dienone is 1. The maximum absolute atomic E-state index is 4.13. The maximum Gasteiger partial charge on any atom is 0.0350 e. The van der Waals surface area contributed by atoms with E-state index in [0.29, 0.717) is 0 Å². The fourth-order valence-corrected chi connectivity index (χ4v) is 4.12. The lowest BCUT2D eigenvalue weighted by molar-refractivity contribution is 0.0121. The summed E-state index contributed by atoms with van der Waals surface area (Å²) in [5, 5.41) is 0. The van der Waals surface area contributed by atoms with E-state index in [4.69, 9.17) is 0 Å². The van der Waals surface area contributed by atoms with E-state index in [-0.39, 0.29) is 0 Å². The predicted molar refractivity (Wildman–Crippen MR) is 89.3 cm³/mol. The van der Waals surface area contributed by atoms with Gasteiger partial charge in [0.15, 0.2) is 0 Å². The van der Waals surface area contributed by atoms with Crippen LogP contribution in [0.4, 0.5) is 0 Å². The molecule has 0 bridgehead atoms. The summed E-state index contributed by atoms with van der Waals surface area (Å²) in [7, 11) is 2.20. The van der Waals surface area contributed by atoms with Gasteiger partial charge in [0.2, 0.25) is 0 Å². The minimum Gasteiger partial charge on any atom is -0.378 e. The van der Waals surface area contributed by atoms with Gasteiger partial charge in [-0.3, -0.25) is 4.90 Å². The summed E-state index contributed by atoms with van der Waals surface area (Å²) in [6, 6.07) is 0.867. The molecule has 120 valence electrons. The molecule has 0 N–H and O–H groups in total. The molecule has 1 atom stereocenters. The molecule has 21 heavy (non-hydrogen) atoms. The highest BCUT2D eigenvalue weighted by Gasteiger charge is 2.33. The first-order chi connectivity index (χ1) is 10.1. The van der Waals surface area contributed by atoms with Gasteiger partial charge in [0, 0.05) is 38.4 Å². The van der Waals surface area contributed by atoms with Crippen LogP contribution in [0.3, 0.4) is 0 Å². The third-order valence-corrected chi connectivity index (χ3v) is 6.04. The molecule has 3 nitrogen and oxygen atoms in total. The van der Waals surface area contributed by atoms with Gasteiger partial charge in [-0.1, -0.05) is 13.5 Å². The molecule has 0 saturated carbocycles. The summed E-state index contributed by atoms with van der Waals surface area (Å²) in [6.45, 7) is 14.4. The Morgan fingerprint density at radius 2 is 1.81 bits per heavy atom. The van der Waals surface area contributed by atoms with Crippen LogP contribution in [-0.4, -0.2) is 67.1 Å². The van der Waals surface area contributed by atoms with E-state index in [1.165, 1.54) is 77.1 Å². The second-order valence-corrected chi connectivity index (χ2v) is 7.77. The normalized spacial score (nSPS) is 30.7. The fraction of sp³-hybridized carbons (Fsp3) is 0.889. The van der Waals surface area contributed by atoms with Crippen LogP contribution in [0.2, 0.25) is 0 Å². The molecule has 0 aromatic heterocycles. The minimum atomic E-state index is 0.867. The van der Waals surface area contributed by atoms with E-state index >= 15 is 0 Å². The van der Waals surface area contributed by atoms with E-state index in [1.807, 2.05) is 0 Å². The molecular weight excluding hydrogens is 258 g/mol. The van der Waals surface area contributed by atoms with Crippen LogP contribution in [0.25, 0.3) is 0 Å². The van der Waals surface area contributed by atoms with E-state index in [0.717, 1.165) is 17.9 Å². The lowest BCUT2D eigenvalue weighted by Crippen LogP contribution is -2.60. The molecule has 1 unspecified atom stereocenters. The predicted octanol–water partition coefficient (Wildman–Crippen LogP) is 2.65. The van der Waals surface area contributed by atoms with Gasteiger partial charge < -0.3 is 9.80 Å². The lowest BCUT2D eigenvalue weighted by atomic mass is 9.92. The molecule has 3 aliphatic heterocycles. The van der Waals surface area contributed by atoms with Gasteiger partial charge in [0.05, 0.1) is 0 Å². The van der Waals surface area contributed by atoms with Crippen LogP contribution < -0.4 is 0 Å². The van der Waals surface area contributed by atoms with E-state index in [1.54, 1.807) is 0 Å². The van der Waals surface area contributed by atoms with E-state index in [2.05, 4.69) is 35.3 Å². The molecule has 0 aliphatic carbocycles. The summed E-state index contributed by atoms with van der Waals surface area (Å²) in [4.78, 5) is 7.78. The van der Waals surface area contributed by atoms with Gasteiger partial charge in [-0.15, -0.1) is 0 Å². The van der Waals surface area contributed by atoms with E-state index in [9.17, 15) is 0 Å². The van der Waals surface area contributed by atoms with Crippen LogP contribution in [0.1, 0.15) is 39.0 Å². The van der Waals surface area contributed by atoms with Crippen LogP contribution in [0.15, 0.2) is 12.3 Å². The van der Waals surface area contributed by atoms with Crippen LogP contribution in [-0.2, 0) is 0 Å². The fourth-order valence-electron chi connectivity index (χ4n) is 4.12. The topological polar surface area (TPSA) is 9.72 Å². The third kappa shape index (κ3) is 3.81. The molecule has 0 aromatic carbocycles.